The molecule has 1 aromatic heterocycles. The van der Waals surface area contributed by atoms with Crippen LogP contribution in [-0.4, -0.2) is 48.0 Å². The van der Waals surface area contributed by atoms with E-state index in [2.05, 4.69) is 5.32 Å². The van der Waals surface area contributed by atoms with Gasteiger partial charge in [0.2, 0.25) is 0 Å². The molecule has 1 atom stereocenters. The molecule has 0 bridgehead atoms. The number of nitrogens with zero attached hydrogens (tertiary/aromatic N) is 2. The Balaban J connectivity index is 1.45. The van der Waals surface area contributed by atoms with Crippen molar-refractivity contribution in [1.82, 2.24) is 15.1 Å². The van der Waals surface area contributed by atoms with Crippen molar-refractivity contribution in [2.45, 2.75) is 52.5 Å². The average Bonchev–Trinajstić information content (AvgIpc) is 3.30. The Morgan fingerprint density at radius 2 is 2.20 bits per heavy atom. The van der Waals surface area contributed by atoms with Gasteiger partial charge < -0.3 is 14.8 Å². The molecule has 30 heavy (non-hydrogen) atoms. The number of nitrogens with one attached hydrogen (secondary N) is 1. The van der Waals surface area contributed by atoms with E-state index < -0.39 is 0 Å². The lowest BCUT2D eigenvalue weighted by Crippen LogP contribution is -2.40. The highest BCUT2D eigenvalue weighted by Crippen LogP contribution is 2.37. The molecule has 0 radical (unpaired) electrons. The van der Waals surface area contributed by atoms with E-state index in [4.69, 9.17) is 14.6 Å². The molecule has 7 nitrogen and oxygen atoms in total. The zero-order chi connectivity index (χ0) is 21.1. The van der Waals surface area contributed by atoms with Crippen LogP contribution in [-0.2, 0) is 33.7 Å². The van der Waals surface area contributed by atoms with E-state index in [9.17, 15) is 9.59 Å². The second kappa shape index (κ2) is 8.76. The third kappa shape index (κ3) is 4.21. The first kappa shape index (κ1) is 20.8. The molecular formula is C23H31N3O4. The summed E-state index contributed by atoms with van der Waals surface area (Å²) in [6.07, 6.45) is 9.80. The summed E-state index contributed by atoms with van der Waals surface area (Å²) in [4.78, 5) is 25.0. The van der Waals surface area contributed by atoms with Crippen LogP contribution < -0.4 is 5.32 Å². The molecule has 4 rings (SSSR count). The van der Waals surface area contributed by atoms with Gasteiger partial charge in [0.15, 0.2) is 0 Å². The molecule has 1 spiro atoms. The van der Waals surface area contributed by atoms with Crippen molar-refractivity contribution in [1.29, 1.82) is 0 Å². The molecule has 1 aliphatic carbocycles. The van der Waals surface area contributed by atoms with Crippen LogP contribution in [0.2, 0.25) is 0 Å². The van der Waals surface area contributed by atoms with Crippen molar-refractivity contribution in [3.63, 3.8) is 0 Å². The Hall–Kier alpha value is -2.41. The summed E-state index contributed by atoms with van der Waals surface area (Å²) in [5.74, 6) is -0.00940. The molecule has 0 aromatic carbocycles. The van der Waals surface area contributed by atoms with Gasteiger partial charge in [0, 0.05) is 32.7 Å². The number of aromatic nitrogens is 2. The van der Waals surface area contributed by atoms with E-state index in [0.717, 1.165) is 49.4 Å². The fourth-order valence-electron chi connectivity index (χ4n) is 4.61. The Kier molecular flexibility index (Phi) is 6.09. The summed E-state index contributed by atoms with van der Waals surface area (Å²) in [7, 11) is 0. The number of amides is 1. The first-order chi connectivity index (χ1) is 14.5. The van der Waals surface area contributed by atoms with Gasteiger partial charge in [0.25, 0.3) is 5.91 Å². The Morgan fingerprint density at radius 1 is 1.40 bits per heavy atom. The lowest BCUT2D eigenvalue weighted by atomic mass is 9.76. The molecule has 1 aromatic rings. The van der Waals surface area contributed by atoms with Crippen LogP contribution in [0, 0.1) is 11.3 Å². The number of ether oxygens (including phenoxy) is 2. The van der Waals surface area contributed by atoms with E-state index in [1.807, 2.05) is 36.8 Å². The first-order valence-corrected chi connectivity index (χ1v) is 11.0. The summed E-state index contributed by atoms with van der Waals surface area (Å²) in [5.41, 5.74) is 3.27. The van der Waals surface area contributed by atoms with Gasteiger partial charge in [0.1, 0.15) is 0 Å². The average molecular weight is 414 g/mol. The van der Waals surface area contributed by atoms with Crippen molar-refractivity contribution in [2.24, 2.45) is 11.3 Å². The molecule has 1 N–H and O–H groups in total. The van der Waals surface area contributed by atoms with Crippen LogP contribution in [0.1, 0.15) is 54.9 Å². The van der Waals surface area contributed by atoms with Crippen molar-refractivity contribution >= 4 is 11.9 Å². The van der Waals surface area contributed by atoms with Crippen molar-refractivity contribution in [3.8, 4) is 0 Å². The Labute approximate surface area is 177 Å². The van der Waals surface area contributed by atoms with Crippen molar-refractivity contribution in [3.05, 3.63) is 40.8 Å². The fraction of sp³-hybridized carbons (Fsp3) is 0.609. The number of carbonyl (C=O) groups excluding carboxylic acids is 2. The normalized spacial score (nSPS) is 22.4. The summed E-state index contributed by atoms with van der Waals surface area (Å²) in [6.45, 7) is 7.18. The highest BCUT2D eigenvalue weighted by Gasteiger charge is 2.39. The molecule has 1 saturated heterocycles. The number of carbonyl (C=O) groups is 2. The van der Waals surface area contributed by atoms with E-state index in [1.54, 1.807) is 0 Å². The van der Waals surface area contributed by atoms with Gasteiger partial charge in [-0.25, -0.2) is 4.79 Å². The molecule has 2 aliphatic heterocycles. The largest absolute Gasteiger partial charge is 0.462 e. The van der Waals surface area contributed by atoms with Gasteiger partial charge in [0.05, 0.1) is 29.1 Å². The molecule has 1 fully saturated rings. The van der Waals surface area contributed by atoms with Crippen LogP contribution in [0.3, 0.4) is 0 Å². The number of aryl methyl sites for hydroxylation is 2. The molecule has 1 unspecified atom stereocenters. The van der Waals surface area contributed by atoms with Gasteiger partial charge in [-0.2, -0.15) is 5.10 Å². The van der Waals surface area contributed by atoms with Crippen LogP contribution in [0.4, 0.5) is 0 Å². The third-order valence-corrected chi connectivity index (χ3v) is 6.42. The maximum absolute atomic E-state index is 12.8. The van der Waals surface area contributed by atoms with E-state index in [-0.39, 0.29) is 23.2 Å². The zero-order valence-corrected chi connectivity index (χ0v) is 17.9. The highest BCUT2D eigenvalue weighted by molar-refractivity contribution is 5.97. The number of allylic oxidation sites excluding steroid dienone is 2. The topological polar surface area (TPSA) is 82.5 Å². The molecule has 7 heteroatoms. The smallest absolute Gasteiger partial charge is 0.337 e. The number of hydrogen-bond donors (Lipinski definition) is 1. The van der Waals surface area contributed by atoms with Gasteiger partial charge in [-0.1, -0.05) is 32.1 Å². The second-order valence-electron chi connectivity index (χ2n) is 8.65. The van der Waals surface area contributed by atoms with Crippen molar-refractivity contribution < 1.29 is 19.1 Å². The number of esters is 1. The zero-order valence-electron chi connectivity index (χ0n) is 17.9. The summed E-state index contributed by atoms with van der Waals surface area (Å²) < 4.78 is 13.0. The minimum atomic E-state index is -0.273. The summed E-state index contributed by atoms with van der Waals surface area (Å²) in [5, 5.41) is 7.88. The van der Waals surface area contributed by atoms with E-state index in [1.165, 1.54) is 0 Å². The number of hydrogen-bond acceptors (Lipinski definition) is 5. The Bertz CT molecular complexity index is 877. The lowest BCUT2D eigenvalue weighted by molar-refractivity contribution is -0.138. The van der Waals surface area contributed by atoms with Gasteiger partial charge in [-0.05, 0) is 37.0 Å². The Morgan fingerprint density at radius 3 is 2.90 bits per heavy atom. The quantitative estimate of drug-likeness (QED) is 0.573. The molecule has 0 saturated carbocycles. The molecule has 1 amide bonds. The third-order valence-electron chi connectivity index (χ3n) is 6.42. The maximum atomic E-state index is 12.8. The minimum absolute atomic E-state index is 0.0167. The minimum Gasteiger partial charge on any atom is -0.462 e. The molecule has 3 aliphatic rings. The predicted octanol–water partition coefficient (Wildman–Crippen LogP) is 2.59. The molecular weight excluding hydrogens is 382 g/mol. The SMILES string of the molecule is CCc1nn(CCCOC(=O)C2=CC(C)C=C2)c2c1C(=O)NCC1(CCOCC1)C2. The second-order valence-corrected chi connectivity index (χ2v) is 8.65. The van der Waals surface area contributed by atoms with E-state index in [0.29, 0.717) is 38.1 Å². The number of rotatable bonds is 6. The van der Waals surface area contributed by atoms with Crippen LogP contribution in [0.15, 0.2) is 23.8 Å². The predicted molar refractivity (Wildman–Crippen MR) is 112 cm³/mol. The van der Waals surface area contributed by atoms with Crippen LogP contribution in [0.25, 0.3) is 0 Å². The maximum Gasteiger partial charge on any atom is 0.337 e. The van der Waals surface area contributed by atoms with Gasteiger partial charge in [-0.3, -0.25) is 9.48 Å². The summed E-state index contributed by atoms with van der Waals surface area (Å²) in [6, 6.07) is 0. The highest BCUT2D eigenvalue weighted by atomic mass is 16.5. The first-order valence-electron chi connectivity index (χ1n) is 11.0. The van der Waals surface area contributed by atoms with Gasteiger partial charge >= 0.3 is 5.97 Å². The lowest BCUT2D eigenvalue weighted by Gasteiger charge is -2.36. The molecule has 162 valence electrons. The monoisotopic (exact) mass is 413 g/mol. The summed E-state index contributed by atoms with van der Waals surface area (Å²) >= 11 is 0. The van der Waals surface area contributed by atoms with E-state index >= 15 is 0 Å². The van der Waals surface area contributed by atoms with Gasteiger partial charge in [-0.15, -0.1) is 0 Å². The standard InChI is InChI=1S/C23H31N3O4/c1-3-18-20-19(14-23(15-24-21(20)27)7-11-29-12-8-23)26(25-18)9-4-10-30-22(28)17-6-5-16(2)13-17/h5-6,13,16H,3-4,7-12,14-15H2,1-2H3,(H,24,27). The van der Waals surface area contributed by atoms with Crippen molar-refractivity contribution in [2.75, 3.05) is 26.4 Å². The van der Waals surface area contributed by atoms with Crippen LogP contribution in [0.5, 0.6) is 0 Å². The number of fused-ring (bicyclic) bond motifs is 1. The van der Waals surface area contributed by atoms with Crippen LogP contribution >= 0.6 is 0 Å². The molecule has 3 heterocycles. The fourth-order valence-corrected chi connectivity index (χ4v) is 4.61.